The fourth-order valence-electron chi connectivity index (χ4n) is 2.78. The average molecular weight is 293 g/mol. The van der Waals surface area contributed by atoms with E-state index in [-0.39, 0.29) is 6.04 Å². The van der Waals surface area contributed by atoms with Crippen molar-refractivity contribution in [2.75, 3.05) is 18.8 Å². The van der Waals surface area contributed by atoms with Crippen LogP contribution in [0.1, 0.15) is 26.2 Å². The number of rotatable bonds is 6. The third kappa shape index (κ3) is 4.25. The minimum atomic E-state index is -0.659. The van der Waals surface area contributed by atoms with E-state index in [9.17, 15) is 9.90 Å². The molecule has 2 atom stereocenters. The molecule has 0 amide bonds. The van der Waals surface area contributed by atoms with Crippen molar-refractivity contribution in [1.29, 1.82) is 0 Å². The van der Waals surface area contributed by atoms with Crippen LogP contribution in [0.4, 0.5) is 0 Å². The maximum Gasteiger partial charge on any atom is 0.320 e. The van der Waals surface area contributed by atoms with Crippen LogP contribution in [0.15, 0.2) is 35.2 Å². The molecule has 1 saturated heterocycles. The van der Waals surface area contributed by atoms with Gasteiger partial charge in [-0.25, -0.2) is 0 Å². The van der Waals surface area contributed by atoms with Crippen LogP contribution >= 0.6 is 11.8 Å². The molecule has 1 heterocycles. The molecule has 1 fully saturated rings. The molecule has 0 aromatic heterocycles. The van der Waals surface area contributed by atoms with Gasteiger partial charge in [0.25, 0.3) is 0 Å². The lowest BCUT2D eigenvalue weighted by Crippen LogP contribution is -2.47. The normalized spacial score (nSPS) is 23.6. The first-order valence-corrected chi connectivity index (χ1v) is 8.34. The summed E-state index contributed by atoms with van der Waals surface area (Å²) in [4.78, 5) is 14.8. The number of piperidine rings is 1. The van der Waals surface area contributed by atoms with Crippen LogP contribution < -0.4 is 0 Å². The second kappa shape index (κ2) is 7.70. The number of nitrogens with zero attached hydrogens (tertiary/aromatic N) is 1. The molecule has 20 heavy (non-hydrogen) atoms. The van der Waals surface area contributed by atoms with Gasteiger partial charge < -0.3 is 5.11 Å². The zero-order valence-corrected chi connectivity index (χ0v) is 12.8. The Morgan fingerprint density at radius 1 is 1.40 bits per heavy atom. The van der Waals surface area contributed by atoms with Gasteiger partial charge in [0, 0.05) is 17.2 Å². The zero-order chi connectivity index (χ0) is 14.4. The number of thioether (sulfide) groups is 1. The Bertz CT molecular complexity index is 424. The van der Waals surface area contributed by atoms with Crippen molar-refractivity contribution in [3.63, 3.8) is 0 Å². The fraction of sp³-hybridized carbons (Fsp3) is 0.562. The highest BCUT2D eigenvalue weighted by Gasteiger charge is 2.32. The first kappa shape index (κ1) is 15.4. The van der Waals surface area contributed by atoms with Crippen LogP contribution in [-0.4, -0.2) is 40.9 Å². The number of carboxylic acid groups (broad SMARTS) is 1. The van der Waals surface area contributed by atoms with Crippen molar-refractivity contribution < 1.29 is 9.90 Å². The molecule has 1 aromatic carbocycles. The van der Waals surface area contributed by atoms with Gasteiger partial charge in [0.1, 0.15) is 6.04 Å². The number of carboxylic acids is 1. The quantitative estimate of drug-likeness (QED) is 0.817. The van der Waals surface area contributed by atoms with Crippen LogP contribution in [0.2, 0.25) is 0 Å². The van der Waals surface area contributed by atoms with Crippen LogP contribution in [-0.2, 0) is 4.79 Å². The van der Waals surface area contributed by atoms with Gasteiger partial charge in [-0.1, -0.05) is 31.5 Å². The minimum absolute atomic E-state index is 0.287. The zero-order valence-electron chi connectivity index (χ0n) is 12.0. The van der Waals surface area contributed by atoms with Gasteiger partial charge in [-0.2, -0.15) is 0 Å². The van der Waals surface area contributed by atoms with Gasteiger partial charge in [0.2, 0.25) is 0 Å². The van der Waals surface area contributed by atoms with Crippen molar-refractivity contribution in [2.24, 2.45) is 5.92 Å². The topological polar surface area (TPSA) is 40.5 Å². The number of benzene rings is 1. The van der Waals surface area contributed by atoms with E-state index >= 15 is 0 Å². The van der Waals surface area contributed by atoms with E-state index in [1.807, 2.05) is 18.2 Å². The number of carbonyl (C=O) groups is 1. The standard InChI is InChI=1S/C16H23NO2S/c1-2-13-8-9-17(15(12-13)16(18)19)10-11-20-14-6-4-3-5-7-14/h3-7,13,15H,2,8-12H2,1H3,(H,18,19). The Balaban J connectivity index is 1.83. The number of hydrogen-bond donors (Lipinski definition) is 1. The van der Waals surface area contributed by atoms with E-state index in [0.29, 0.717) is 5.92 Å². The Kier molecular flexibility index (Phi) is 5.92. The lowest BCUT2D eigenvalue weighted by Gasteiger charge is -2.36. The van der Waals surface area contributed by atoms with Crippen LogP contribution in [0.5, 0.6) is 0 Å². The third-order valence-electron chi connectivity index (χ3n) is 4.07. The lowest BCUT2D eigenvalue weighted by molar-refractivity contribution is -0.145. The summed E-state index contributed by atoms with van der Waals surface area (Å²) in [5.41, 5.74) is 0. The molecule has 0 spiro atoms. The summed E-state index contributed by atoms with van der Waals surface area (Å²) in [5.74, 6) is 0.868. The molecule has 2 rings (SSSR count). The van der Waals surface area contributed by atoms with E-state index in [2.05, 4.69) is 24.0 Å². The third-order valence-corrected chi connectivity index (χ3v) is 5.07. The van der Waals surface area contributed by atoms with Crippen molar-refractivity contribution in [1.82, 2.24) is 4.90 Å². The van der Waals surface area contributed by atoms with Crippen molar-refractivity contribution in [3.8, 4) is 0 Å². The molecule has 3 nitrogen and oxygen atoms in total. The molecule has 1 aliphatic rings. The molecule has 2 unspecified atom stereocenters. The molecule has 0 aliphatic carbocycles. The van der Waals surface area contributed by atoms with E-state index in [4.69, 9.17) is 0 Å². The van der Waals surface area contributed by atoms with Crippen molar-refractivity contribution in [3.05, 3.63) is 30.3 Å². The maximum atomic E-state index is 11.4. The van der Waals surface area contributed by atoms with Gasteiger partial charge in [0.15, 0.2) is 0 Å². The predicted molar refractivity (Wildman–Crippen MR) is 83.2 cm³/mol. The second-order valence-electron chi connectivity index (χ2n) is 5.35. The smallest absolute Gasteiger partial charge is 0.320 e. The Hall–Kier alpha value is -1.00. The largest absolute Gasteiger partial charge is 0.480 e. The molecule has 1 aliphatic heterocycles. The summed E-state index contributed by atoms with van der Waals surface area (Å²) in [7, 11) is 0. The van der Waals surface area contributed by atoms with Crippen molar-refractivity contribution >= 4 is 17.7 Å². The highest BCUT2D eigenvalue weighted by Crippen LogP contribution is 2.26. The first-order chi connectivity index (χ1) is 9.70. The van der Waals surface area contributed by atoms with Crippen LogP contribution in [0, 0.1) is 5.92 Å². The highest BCUT2D eigenvalue weighted by atomic mass is 32.2. The van der Waals surface area contributed by atoms with E-state index < -0.39 is 5.97 Å². The first-order valence-electron chi connectivity index (χ1n) is 7.35. The molecule has 1 N–H and O–H groups in total. The molecule has 0 bridgehead atoms. The summed E-state index contributed by atoms with van der Waals surface area (Å²) in [6.45, 7) is 3.93. The molecule has 0 saturated carbocycles. The number of hydrogen-bond acceptors (Lipinski definition) is 3. The average Bonchev–Trinajstić information content (AvgIpc) is 2.48. The monoisotopic (exact) mass is 293 g/mol. The Morgan fingerprint density at radius 2 is 2.15 bits per heavy atom. The Morgan fingerprint density at radius 3 is 2.80 bits per heavy atom. The fourth-order valence-corrected chi connectivity index (χ4v) is 3.69. The SMILES string of the molecule is CCC1CCN(CCSc2ccccc2)C(C(=O)O)C1. The van der Waals surface area contributed by atoms with Gasteiger partial charge in [-0.15, -0.1) is 11.8 Å². The van der Waals surface area contributed by atoms with E-state index in [1.54, 1.807) is 11.8 Å². The van der Waals surface area contributed by atoms with E-state index in [0.717, 1.165) is 38.1 Å². The molecular formula is C16H23NO2S. The number of likely N-dealkylation sites (tertiary alicyclic amines) is 1. The molecular weight excluding hydrogens is 270 g/mol. The van der Waals surface area contributed by atoms with Gasteiger partial charge in [-0.3, -0.25) is 9.69 Å². The lowest BCUT2D eigenvalue weighted by atomic mass is 9.89. The van der Waals surface area contributed by atoms with E-state index in [1.165, 1.54) is 4.90 Å². The maximum absolute atomic E-state index is 11.4. The molecule has 110 valence electrons. The summed E-state index contributed by atoms with van der Waals surface area (Å²) in [6.07, 6.45) is 3.04. The highest BCUT2D eigenvalue weighted by molar-refractivity contribution is 7.99. The molecule has 1 aromatic rings. The second-order valence-corrected chi connectivity index (χ2v) is 6.52. The van der Waals surface area contributed by atoms with Crippen molar-refractivity contribution in [2.45, 2.75) is 37.1 Å². The van der Waals surface area contributed by atoms with Crippen LogP contribution in [0.25, 0.3) is 0 Å². The van der Waals surface area contributed by atoms with Gasteiger partial charge >= 0.3 is 5.97 Å². The summed E-state index contributed by atoms with van der Waals surface area (Å²) < 4.78 is 0. The predicted octanol–water partition coefficient (Wildman–Crippen LogP) is 3.35. The summed E-state index contributed by atoms with van der Waals surface area (Å²) >= 11 is 1.80. The summed E-state index contributed by atoms with van der Waals surface area (Å²) in [5, 5.41) is 9.39. The molecule has 0 radical (unpaired) electrons. The molecule has 4 heteroatoms. The van der Waals surface area contributed by atoms with Crippen LogP contribution in [0.3, 0.4) is 0 Å². The van der Waals surface area contributed by atoms with Gasteiger partial charge in [-0.05, 0) is 37.4 Å². The summed E-state index contributed by atoms with van der Waals surface area (Å²) in [6, 6.07) is 10.0. The minimum Gasteiger partial charge on any atom is -0.480 e. The van der Waals surface area contributed by atoms with Gasteiger partial charge in [0.05, 0.1) is 0 Å². The number of aliphatic carboxylic acids is 1. The Labute approximate surface area is 125 Å².